The minimum absolute atomic E-state index is 0.0640. The Morgan fingerprint density at radius 2 is 1.88 bits per heavy atom. The Balaban J connectivity index is 1.67. The van der Waals surface area contributed by atoms with E-state index in [2.05, 4.69) is 29.7 Å². The molecule has 3 rings (SSSR count). The molecule has 1 aliphatic heterocycles. The van der Waals surface area contributed by atoms with Gasteiger partial charge in [-0.25, -0.2) is 4.79 Å². The van der Waals surface area contributed by atoms with Crippen molar-refractivity contribution in [3.8, 4) is 0 Å². The molecule has 0 bridgehead atoms. The number of nitrogens with one attached hydrogen (secondary N) is 2. The van der Waals surface area contributed by atoms with Gasteiger partial charge in [0.2, 0.25) is 5.91 Å². The number of benzene rings is 1. The molecule has 1 aliphatic carbocycles. The molecule has 140 valence electrons. The maximum atomic E-state index is 13.0. The van der Waals surface area contributed by atoms with Gasteiger partial charge in [0.25, 0.3) is 5.91 Å². The fourth-order valence-electron chi connectivity index (χ4n) is 3.86. The van der Waals surface area contributed by atoms with E-state index in [0.29, 0.717) is 13.0 Å². The summed E-state index contributed by atoms with van der Waals surface area (Å²) in [5.41, 5.74) is 2.35. The third-order valence-corrected chi connectivity index (χ3v) is 5.44. The summed E-state index contributed by atoms with van der Waals surface area (Å²) in [5, 5.41) is 4.78. The molecular weight excluding hydrogens is 330 g/mol. The minimum atomic E-state index is -0.599. The Hall–Kier alpha value is -2.37. The lowest BCUT2D eigenvalue weighted by atomic mass is 9.93. The fourth-order valence-corrected chi connectivity index (χ4v) is 3.86. The molecule has 0 radical (unpaired) electrons. The Bertz CT molecular complexity index is 683. The molecule has 6 nitrogen and oxygen atoms in total. The van der Waals surface area contributed by atoms with Gasteiger partial charge in [0, 0.05) is 19.0 Å². The lowest BCUT2D eigenvalue weighted by Gasteiger charge is -2.35. The van der Waals surface area contributed by atoms with Crippen molar-refractivity contribution in [3.05, 3.63) is 35.4 Å². The van der Waals surface area contributed by atoms with E-state index in [1.165, 1.54) is 17.5 Å². The molecule has 1 aromatic rings. The van der Waals surface area contributed by atoms with Gasteiger partial charge in [-0.2, -0.15) is 0 Å². The molecule has 0 unspecified atom stereocenters. The van der Waals surface area contributed by atoms with E-state index in [-0.39, 0.29) is 24.3 Å². The SMILES string of the molecule is Cc1ccccc1CN(C(=O)CC[C@@H]1NC(=O)NC1=O)C1CCCCC1. The van der Waals surface area contributed by atoms with E-state index >= 15 is 0 Å². The summed E-state index contributed by atoms with van der Waals surface area (Å²) in [5.74, 6) is -0.278. The van der Waals surface area contributed by atoms with Crippen LogP contribution in [0.2, 0.25) is 0 Å². The molecule has 1 atom stereocenters. The number of nitrogens with zero attached hydrogens (tertiary/aromatic N) is 1. The summed E-state index contributed by atoms with van der Waals surface area (Å²) in [7, 11) is 0. The molecule has 0 aromatic heterocycles. The van der Waals surface area contributed by atoms with E-state index in [4.69, 9.17) is 0 Å². The van der Waals surface area contributed by atoms with Crippen molar-refractivity contribution in [1.29, 1.82) is 0 Å². The van der Waals surface area contributed by atoms with Gasteiger partial charge in [-0.3, -0.25) is 14.9 Å². The van der Waals surface area contributed by atoms with Crippen LogP contribution in [0.3, 0.4) is 0 Å². The predicted molar refractivity (Wildman–Crippen MR) is 98.3 cm³/mol. The second-order valence-corrected chi connectivity index (χ2v) is 7.29. The third kappa shape index (κ3) is 4.42. The van der Waals surface area contributed by atoms with Crippen molar-refractivity contribution >= 4 is 17.8 Å². The number of rotatable bonds is 6. The molecule has 1 saturated heterocycles. The summed E-state index contributed by atoms with van der Waals surface area (Å²) in [4.78, 5) is 37.9. The molecular formula is C20H27N3O3. The highest BCUT2D eigenvalue weighted by Gasteiger charge is 2.31. The molecule has 0 spiro atoms. The largest absolute Gasteiger partial charge is 0.335 e. The maximum absolute atomic E-state index is 13.0. The topological polar surface area (TPSA) is 78.5 Å². The van der Waals surface area contributed by atoms with Crippen molar-refractivity contribution in [2.75, 3.05) is 0 Å². The Labute approximate surface area is 154 Å². The van der Waals surface area contributed by atoms with Gasteiger partial charge in [0.05, 0.1) is 0 Å². The van der Waals surface area contributed by atoms with E-state index in [1.807, 2.05) is 17.0 Å². The smallest absolute Gasteiger partial charge is 0.322 e. The van der Waals surface area contributed by atoms with Gasteiger partial charge >= 0.3 is 6.03 Å². The summed E-state index contributed by atoms with van der Waals surface area (Å²) in [6.45, 7) is 2.68. The number of urea groups is 1. The summed E-state index contributed by atoms with van der Waals surface area (Å²) >= 11 is 0. The van der Waals surface area contributed by atoms with Gasteiger partial charge in [-0.05, 0) is 37.3 Å². The van der Waals surface area contributed by atoms with Crippen LogP contribution in [0.1, 0.15) is 56.1 Å². The van der Waals surface area contributed by atoms with Crippen LogP contribution in [0, 0.1) is 6.92 Å². The lowest BCUT2D eigenvalue weighted by Crippen LogP contribution is -2.42. The first-order chi connectivity index (χ1) is 12.5. The highest BCUT2D eigenvalue weighted by molar-refractivity contribution is 6.04. The first-order valence-corrected chi connectivity index (χ1v) is 9.50. The molecule has 4 amide bonds. The second-order valence-electron chi connectivity index (χ2n) is 7.29. The summed E-state index contributed by atoms with van der Waals surface area (Å²) in [6.07, 6.45) is 6.23. The summed E-state index contributed by atoms with van der Waals surface area (Å²) < 4.78 is 0. The Morgan fingerprint density at radius 3 is 2.54 bits per heavy atom. The number of carbonyl (C=O) groups excluding carboxylic acids is 3. The van der Waals surface area contributed by atoms with Crippen LogP contribution >= 0.6 is 0 Å². The van der Waals surface area contributed by atoms with E-state index in [0.717, 1.165) is 25.7 Å². The fraction of sp³-hybridized carbons (Fsp3) is 0.550. The zero-order valence-corrected chi connectivity index (χ0v) is 15.3. The van der Waals surface area contributed by atoms with Crippen LogP contribution in [0.25, 0.3) is 0 Å². The normalized spacial score (nSPS) is 20.6. The number of carbonyl (C=O) groups is 3. The zero-order chi connectivity index (χ0) is 18.5. The number of hydrogen-bond acceptors (Lipinski definition) is 3. The lowest BCUT2D eigenvalue weighted by molar-refractivity contribution is -0.135. The average Bonchev–Trinajstić information content (AvgIpc) is 2.97. The molecule has 1 heterocycles. The van der Waals surface area contributed by atoms with Crippen molar-refractivity contribution in [2.24, 2.45) is 0 Å². The zero-order valence-electron chi connectivity index (χ0n) is 15.3. The first-order valence-electron chi connectivity index (χ1n) is 9.50. The van der Waals surface area contributed by atoms with Crippen molar-refractivity contribution in [2.45, 2.75) is 70.5 Å². The number of amides is 4. The van der Waals surface area contributed by atoms with Crippen molar-refractivity contribution in [1.82, 2.24) is 15.5 Å². The van der Waals surface area contributed by atoms with Crippen LogP contribution in [0.15, 0.2) is 24.3 Å². The molecule has 1 aromatic carbocycles. The highest BCUT2D eigenvalue weighted by Crippen LogP contribution is 2.26. The van der Waals surface area contributed by atoms with Crippen molar-refractivity contribution < 1.29 is 14.4 Å². The van der Waals surface area contributed by atoms with Gasteiger partial charge in [-0.15, -0.1) is 0 Å². The van der Waals surface area contributed by atoms with Gasteiger partial charge in [0.15, 0.2) is 0 Å². The molecule has 6 heteroatoms. The van der Waals surface area contributed by atoms with Crippen LogP contribution in [0.4, 0.5) is 4.79 Å². The average molecular weight is 357 g/mol. The van der Waals surface area contributed by atoms with Crippen LogP contribution in [0.5, 0.6) is 0 Å². The Kier molecular flexibility index (Phi) is 5.91. The van der Waals surface area contributed by atoms with E-state index in [1.54, 1.807) is 0 Å². The van der Waals surface area contributed by atoms with Crippen molar-refractivity contribution in [3.63, 3.8) is 0 Å². The van der Waals surface area contributed by atoms with Gasteiger partial charge in [-0.1, -0.05) is 43.5 Å². The third-order valence-electron chi connectivity index (χ3n) is 5.44. The number of imide groups is 1. The monoisotopic (exact) mass is 357 g/mol. The standard InChI is InChI=1S/C20H27N3O3/c1-14-7-5-6-8-15(14)13-23(16-9-3-2-4-10-16)18(24)12-11-17-19(25)22-20(26)21-17/h5-8,16-17H,2-4,9-13H2,1H3,(H2,21,22,25,26)/t17-/m0/s1. The quantitative estimate of drug-likeness (QED) is 0.768. The molecule has 2 aliphatic rings. The van der Waals surface area contributed by atoms with E-state index < -0.39 is 12.1 Å². The van der Waals surface area contributed by atoms with Gasteiger partial charge < -0.3 is 10.2 Å². The second kappa shape index (κ2) is 8.34. The highest BCUT2D eigenvalue weighted by atomic mass is 16.2. The maximum Gasteiger partial charge on any atom is 0.322 e. The molecule has 26 heavy (non-hydrogen) atoms. The Morgan fingerprint density at radius 1 is 1.15 bits per heavy atom. The minimum Gasteiger partial charge on any atom is -0.335 e. The van der Waals surface area contributed by atoms with Gasteiger partial charge in [0.1, 0.15) is 6.04 Å². The molecule has 2 fully saturated rings. The number of aryl methyl sites for hydroxylation is 1. The van der Waals surface area contributed by atoms with Crippen LogP contribution < -0.4 is 10.6 Å². The summed E-state index contributed by atoms with van der Waals surface area (Å²) in [6, 6.07) is 7.34. The first kappa shape index (κ1) is 18.4. The van der Waals surface area contributed by atoms with Crippen LogP contribution in [-0.2, 0) is 16.1 Å². The molecule has 1 saturated carbocycles. The number of hydrogen-bond donors (Lipinski definition) is 2. The molecule has 2 N–H and O–H groups in total. The predicted octanol–water partition coefficient (Wildman–Crippen LogP) is 2.64. The van der Waals surface area contributed by atoms with E-state index in [9.17, 15) is 14.4 Å². The van der Waals surface area contributed by atoms with Crippen LogP contribution in [-0.4, -0.2) is 34.8 Å².